The first-order chi connectivity index (χ1) is 25.2. The average Bonchev–Trinajstić information content (AvgIpc) is 3.12. The molecule has 0 saturated heterocycles. The van der Waals surface area contributed by atoms with Crippen LogP contribution in [-0.4, -0.2) is 62.2 Å². The highest BCUT2D eigenvalue weighted by Crippen LogP contribution is 2.21. The van der Waals surface area contributed by atoms with Gasteiger partial charge in [-0.15, -0.1) is 0 Å². The van der Waals surface area contributed by atoms with Crippen molar-refractivity contribution in [3.63, 3.8) is 0 Å². The van der Waals surface area contributed by atoms with Crippen LogP contribution in [0.4, 0.5) is 0 Å². The van der Waals surface area contributed by atoms with Gasteiger partial charge in [0.2, 0.25) is 5.91 Å². The minimum Gasteiger partial charge on any atom is -0.465 e. The molecule has 0 saturated carbocycles. The van der Waals surface area contributed by atoms with Gasteiger partial charge in [0.05, 0.1) is 31.7 Å². The Labute approximate surface area is 316 Å². The minimum atomic E-state index is -0.858. The summed E-state index contributed by atoms with van der Waals surface area (Å²) in [6.07, 6.45) is 22.9. The van der Waals surface area contributed by atoms with Crippen LogP contribution < -0.4 is 16.8 Å². The molecule has 0 aromatic rings. The molecule has 0 aromatic heterocycles. The molecule has 0 fully saturated rings. The maximum absolute atomic E-state index is 12.9. The molecule has 11 heteroatoms. The van der Waals surface area contributed by atoms with Crippen molar-refractivity contribution in [1.82, 2.24) is 5.32 Å². The second-order valence-corrected chi connectivity index (χ2v) is 14.3. The maximum atomic E-state index is 12.9. The number of esters is 3. The van der Waals surface area contributed by atoms with Crippen molar-refractivity contribution in [2.24, 2.45) is 28.3 Å². The molecule has 3 atom stereocenters. The monoisotopic (exact) mass is 739 g/mol. The number of amides is 1. The number of carbonyl (C=O) groups excluding carboxylic acids is 4. The van der Waals surface area contributed by atoms with Gasteiger partial charge in [-0.1, -0.05) is 124 Å². The summed E-state index contributed by atoms with van der Waals surface area (Å²) in [5, 5.41) is 2.79. The zero-order valence-electron chi connectivity index (χ0n) is 33.7. The van der Waals surface area contributed by atoms with E-state index in [4.69, 9.17) is 25.7 Å². The van der Waals surface area contributed by atoms with Crippen LogP contribution in [0, 0.1) is 11.8 Å². The fourth-order valence-corrected chi connectivity index (χ4v) is 6.11. The lowest BCUT2D eigenvalue weighted by molar-refractivity contribution is -0.151. The highest BCUT2D eigenvalue weighted by atomic mass is 16.5. The summed E-state index contributed by atoms with van der Waals surface area (Å²) in [6.45, 7) is 9.73. The van der Waals surface area contributed by atoms with E-state index in [-0.39, 0.29) is 55.2 Å². The van der Waals surface area contributed by atoms with Gasteiger partial charge in [0.1, 0.15) is 6.04 Å². The standard InChI is InChI=1S/C41H78N4O7/c1-5-9-13-18-26-34(24-11-7-3)38(47)50-31-21-17-15-16-20-28-37(46)45-36(29-30-44-41(42)43)40(49)52-33-23-22-32-51-39(48)35(25-12-8-4)27-19-14-10-6-2/h34-36H,5-33H2,1-4H3,(H,45,46)(H4,42,43,44)/t34?,35?,36-/m0/s1. The van der Waals surface area contributed by atoms with Crippen molar-refractivity contribution >= 4 is 29.8 Å². The van der Waals surface area contributed by atoms with E-state index in [1.807, 2.05) is 0 Å². The number of rotatable bonds is 36. The van der Waals surface area contributed by atoms with Crippen LogP contribution in [0.5, 0.6) is 0 Å². The molecular weight excluding hydrogens is 660 g/mol. The third-order valence-electron chi connectivity index (χ3n) is 9.44. The lowest BCUT2D eigenvalue weighted by atomic mass is 9.95. The first kappa shape index (κ1) is 49.1. The van der Waals surface area contributed by atoms with Crippen molar-refractivity contribution in [3.8, 4) is 0 Å². The van der Waals surface area contributed by atoms with Crippen LogP contribution in [0.25, 0.3) is 0 Å². The van der Waals surface area contributed by atoms with Gasteiger partial charge in [-0.25, -0.2) is 4.79 Å². The van der Waals surface area contributed by atoms with Gasteiger partial charge in [-0.2, -0.15) is 0 Å². The molecule has 0 aliphatic rings. The summed E-state index contributed by atoms with van der Waals surface area (Å²) in [6, 6.07) is -0.858. The van der Waals surface area contributed by atoms with E-state index in [0.29, 0.717) is 38.9 Å². The van der Waals surface area contributed by atoms with E-state index in [1.165, 1.54) is 32.1 Å². The summed E-state index contributed by atoms with van der Waals surface area (Å²) >= 11 is 0. The van der Waals surface area contributed by atoms with E-state index in [1.54, 1.807) is 0 Å². The number of carbonyl (C=O) groups is 4. The van der Waals surface area contributed by atoms with Crippen LogP contribution in [0.2, 0.25) is 0 Å². The zero-order chi connectivity index (χ0) is 38.7. The lowest BCUT2D eigenvalue weighted by Crippen LogP contribution is -2.42. The van der Waals surface area contributed by atoms with Crippen LogP contribution in [0.1, 0.15) is 188 Å². The van der Waals surface area contributed by atoms with E-state index >= 15 is 0 Å². The Morgan fingerprint density at radius 1 is 0.500 bits per heavy atom. The molecule has 0 radical (unpaired) electrons. The number of nitrogens with zero attached hydrogens (tertiary/aromatic N) is 1. The van der Waals surface area contributed by atoms with Crippen LogP contribution in [-0.2, 0) is 33.4 Å². The number of aliphatic imine (C=N–C) groups is 1. The Bertz CT molecular complexity index is 942. The summed E-state index contributed by atoms with van der Waals surface area (Å²) in [5.41, 5.74) is 10.9. The fourth-order valence-electron chi connectivity index (χ4n) is 6.11. The third kappa shape index (κ3) is 28.7. The van der Waals surface area contributed by atoms with Crippen molar-refractivity contribution < 1.29 is 33.4 Å². The molecule has 2 unspecified atom stereocenters. The molecule has 0 spiro atoms. The lowest BCUT2D eigenvalue weighted by Gasteiger charge is -2.17. The van der Waals surface area contributed by atoms with Gasteiger partial charge in [-0.05, 0) is 57.8 Å². The van der Waals surface area contributed by atoms with Crippen molar-refractivity contribution in [1.29, 1.82) is 0 Å². The summed E-state index contributed by atoms with van der Waals surface area (Å²) in [5.74, 6) is -1.03. The third-order valence-corrected chi connectivity index (χ3v) is 9.44. The fraction of sp³-hybridized carbons (Fsp3) is 0.878. The Kier molecular flexibility index (Phi) is 33.3. The number of nitrogens with two attached hydrogens (primary N) is 2. The largest absolute Gasteiger partial charge is 0.465 e. The molecule has 11 nitrogen and oxygen atoms in total. The molecule has 52 heavy (non-hydrogen) atoms. The summed E-state index contributed by atoms with van der Waals surface area (Å²) in [4.78, 5) is 54.8. The molecule has 0 aromatic carbocycles. The van der Waals surface area contributed by atoms with Gasteiger partial charge >= 0.3 is 17.9 Å². The zero-order valence-corrected chi connectivity index (χ0v) is 33.7. The van der Waals surface area contributed by atoms with Gasteiger partial charge in [0.25, 0.3) is 0 Å². The SMILES string of the molecule is CCCCCCC(CCCC)C(=O)OCCCCCCCC(=O)N[C@@H](CCN=C(N)N)C(=O)OCCCCOC(=O)C(CCCC)CCCCCC. The smallest absolute Gasteiger partial charge is 0.328 e. The van der Waals surface area contributed by atoms with Crippen LogP contribution in [0.3, 0.4) is 0 Å². The van der Waals surface area contributed by atoms with Gasteiger partial charge < -0.3 is 31.0 Å². The van der Waals surface area contributed by atoms with Gasteiger partial charge in [0, 0.05) is 13.0 Å². The number of nitrogens with one attached hydrogen (secondary N) is 1. The number of ether oxygens (including phenoxy) is 3. The van der Waals surface area contributed by atoms with Crippen molar-refractivity contribution in [3.05, 3.63) is 0 Å². The predicted octanol–water partition coefficient (Wildman–Crippen LogP) is 8.44. The maximum Gasteiger partial charge on any atom is 0.328 e. The first-order valence-corrected chi connectivity index (χ1v) is 21.0. The molecule has 5 N–H and O–H groups in total. The van der Waals surface area contributed by atoms with Crippen LogP contribution >= 0.6 is 0 Å². The molecule has 0 bridgehead atoms. The number of hydrogen-bond donors (Lipinski definition) is 3. The number of guanidine groups is 1. The quantitative estimate of drug-likeness (QED) is 0.0187. The molecular formula is C41H78N4O7. The van der Waals surface area contributed by atoms with Crippen molar-refractivity contribution in [2.45, 2.75) is 194 Å². The van der Waals surface area contributed by atoms with Crippen LogP contribution in [0.15, 0.2) is 4.99 Å². The van der Waals surface area contributed by atoms with E-state index in [0.717, 1.165) is 96.3 Å². The minimum absolute atomic E-state index is 0.0188. The second kappa shape index (κ2) is 35.2. The molecule has 1 amide bonds. The number of hydrogen-bond acceptors (Lipinski definition) is 8. The normalized spacial score (nSPS) is 12.8. The second-order valence-electron chi connectivity index (χ2n) is 14.3. The van der Waals surface area contributed by atoms with E-state index in [2.05, 4.69) is 38.0 Å². The summed E-state index contributed by atoms with van der Waals surface area (Å²) in [7, 11) is 0. The molecule has 0 rings (SSSR count). The predicted molar refractivity (Wildman–Crippen MR) is 211 cm³/mol. The average molecular weight is 739 g/mol. The Balaban J connectivity index is 4.46. The van der Waals surface area contributed by atoms with Crippen molar-refractivity contribution in [2.75, 3.05) is 26.4 Å². The number of unbranched alkanes of at least 4 members (excludes halogenated alkanes) is 13. The Morgan fingerprint density at radius 2 is 0.904 bits per heavy atom. The van der Waals surface area contributed by atoms with E-state index in [9.17, 15) is 19.2 Å². The topological polar surface area (TPSA) is 172 Å². The van der Waals surface area contributed by atoms with E-state index < -0.39 is 12.0 Å². The Morgan fingerprint density at radius 3 is 1.38 bits per heavy atom. The Hall–Kier alpha value is -2.85. The first-order valence-electron chi connectivity index (χ1n) is 21.0. The molecule has 0 heterocycles. The van der Waals surface area contributed by atoms with Gasteiger partial charge in [0.15, 0.2) is 5.96 Å². The highest BCUT2D eigenvalue weighted by molar-refractivity contribution is 5.84. The molecule has 304 valence electrons. The molecule has 0 aliphatic carbocycles. The summed E-state index contributed by atoms with van der Waals surface area (Å²) < 4.78 is 16.7. The molecule has 0 aliphatic heterocycles. The highest BCUT2D eigenvalue weighted by Gasteiger charge is 2.23. The van der Waals surface area contributed by atoms with Gasteiger partial charge in [-0.3, -0.25) is 19.4 Å².